The summed E-state index contributed by atoms with van der Waals surface area (Å²) >= 11 is 13.3. The minimum Gasteiger partial charge on any atom is -0.297 e. The van der Waals surface area contributed by atoms with E-state index >= 15 is 0 Å². The van der Waals surface area contributed by atoms with Crippen molar-refractivity contribution in [3.05, 3.63) is 51.0 Å². The van der Waals surface area contributed by atoms with Crippen molar-refractivity contribution in [2.24, 2.45) is 0 Å². The first-order valence-corrected chi connectivity index (χ1v) is 7.02. The molecule has 0 unspecified atom stereocenters. The number of benzene rings is 1. The summed E-state index contributed by atoms with van der Waals surface area (Å²) in [6, 6.07) is 6.77. The third-order valence-electron chi connectivity index (χ3n) is 2.31. The Morgan fingerprint density at radius 1 is 1.40 bits per heavy atom. The average Bonchev–Trinajstić information content (AvgIpc) is 2.91. The zero-order chi connectivity index (χ0) is 14.5. The highest BCUT2D eigenvalue weighted by Crippen LogP contribution is 2.26. The van der Waals surface area contributed by atoms with Crippen molar-refractivity contribution >= 4 is 51.7 Å². The standard InChI is InChI=1S/C13H7Cl2N3OS/c14-10-2-1-3-11(15)9(10)6-8(7-16)12(19)18-13-17-4-5-20-13/h1-6H,(H,17,18,19). The summed E-state index contributed by atoms with van der Waals surface area (Å²) < 4.78 is 0. The molecule has 7 heteroatoms. The Bertz CT molecular complexity index is 685. The number of amides is 1. The van der Waals surface area contributed by atoms with Crippen molar-refractivity contribution in [1.82, 2.24) is 4.98 Å². The first-order valence-electron chi connectivity index (χ1n) is 5.38. The molecule has 4 nitrogen and oxygen atoms in total. The Kier molecular flexibility index (Phi) is 4.74. The van der Waals surface area contributed by atoms with E-state index in [4.69, 9.17) is 28.5 Å². The number of anilines is 1. The number of aromatic nitrogens is 1. The second-order valence-corrected chi connectivity index (χ2v) is 5.31. The molecule has 0 spiro atoms. The number of nitrogens with zero attached hydrogens (tertiary/aromatic N) is 2. The van der Waals surface area contributed by atoms with Crippen molar-refractivity contribution in [1.29, 1.82) is 5.26 Å². The molecule has 0 saturated heterocycles. The summed E-state index contributed by atoms with van der Waals surface area (Å²) in [6.45, 7) is 0. The quantitative estimate of drug-likeness (QED) is 0.685. The van der Waals surface area contributed by atoms with Gasteiger partial charge in [-0.05, 0) is 18.2 Å². The van der Waals surface area contributed by atoms with Gasteiger partial charge in [-0.25, -0.2) is 4.98 Å². The number of hydrogen-bond donors (Lipinski definition) is 1. The molecule has 20 heavy (non-hydrogen) atoms. The van der Waals surface area contributed by atoms with Gasteiger partial charge in [0.25, 0.3) is 5.91 Å². The van der Waals surface area contributed by atoms with E-state index in [1.54, 1.807) is 29.8 Å². The lowest BCUT2D eigenvalue weighted by atomic mass is 10.1. The lowest BCUT2D eigenvalue weighted by Gasteiger charge is -2.03. The van der Waals surface area contributed by atoms with Gasteiger partial charge < -0.3 is 0 Å². The number of thiazole rings is 1. The minimum absolute atomic E-state index is 0.102. The van der Waals surface area contributed by atoms with Crippen LogP contribution in [0, 0.1) is 11.3 Å². The number of nitrogens with one attached hydrogen (secondary N) is 1. The first-order chi connectivity index (χ1) is 9.61. The van der Waals surface area contributed by atoms with E-state index in [0.717, 1.165) is 0 Å². The van der Waals surface area contributed by atoms with E-state index in [1.807, 2.05) is 6.07 Å². The molecule has 1 aromatic carbocycles. The lowest BCUT2D eigenvalue weighted by molar-refractivity contribution is -0.112. The van der Waals surface area contributed by atoms with Crippen molar-refractivity contribution < 1.29 is 4.79 Å². The fourth-order valence-corrected chi connectivity index (χ4v) is 2.42. The number of carbonyl (C=O) groups is 1. The normalized spacial score (nSPS) is 10.9. The zero-order valence-electron chi connectivity index (χ0n) is 9.93. The van der Waals surface area contributed by atoms with Crippen molar-refractivity contribution in [2.75, 3.05) is 5.32 Å². The van der Waals surface area contributed by atoms with Crippen LogP contribution in [0.15, 0.2) is 35.3 Å². The van der Waals surface area contributed by atoms with Gasteiger partial charge in [-0.3, -0.25) is 10.1 Å². The van der Waals surface area contributed by atoms with Crippen LogP contribution in [0.1, 0.15) is 5.56 Å². The van der Waals surface area contributed by atoms with Gasteiger partial charge in [0.2, 0.25) is 0 Å². The van der Waals surface area contributed by atoms with Crippen LogP contribution in [-0.4, -0.2) is 10.9 Å². The van der Waals surface area contributed by atoms with Crippen LogP contribution in [0.25, 0.3) is 6.08 Å². The van der Waals surface area contributed by atoms with E-state index in [1.165, 1.54) is 17.4 Å². The van der Waals surface area contributed by atoms with Gasteiger partial charge in [0, 0.05) is 27.2 Å². The van der Waals surface area contributed by atoms with Crippen LogP contribution >= 0.6 is 34.5 Å². The highest BCUT2D eigenvalue weighted by molar-refractivity contribution is 7.13. The topological polar surface area (TPSA) is 65.8 Å². The maximum absolute atomic E-state index is 11.9. The van der Waals surface area contributed by atoms with Crippen LogP contribution in [0.5, 0.6) is 0 Å². The van der Waals surface area contributed by atoms with E-state index < -0.39 is 5.91 Å². The van der Waals surface area contributed by atoms with Crippen LogP contribution in [-0.2, 0) is 4.79 Å². The summed E-state index contributed by atoms with van der Waals surface area (Å²) in [5.74, 6) is -0.557. The number of rotatable bonds is 3. The molecule has 0 aliphatic rings. The largest absolute Gasteiger partial charge is 0.297 e. The second kappa shape index (κ2) is 6.53. The lowest BCUT2D eigenvalue weighted by Crippen LogP contribution is -2.13. The fraction of sp³-hybridized carbons (Fsp3) is 0. The van der Waals surface area contributed by atoms with Gasteiger partial charge in [-0.1, -0.05) is 29.3 Å². The summed E-state index contributed by atoms with van der Waals surface area (Å²) in [5, 5.41) is 14.5. The van der Waals surface area contributed by atoms with Gasteiger partial charge in [-0.2, -0.15) is 5.26 Å². The summed E-state index contributed by atoms with van der Waals surface area (Å²) in [5.41, 5.74) is 0.330. The first kappa shape index (κ1) is 14.5. The minimum atomic E-state index is -0.557. The smallest absolute Gasteiger partial charge is 0.268 e. The summed E-state index contributed by atoms with van der Waals surface area (Å²) in [6.07, 6.45) is 2.91. The third-order valence-corrected chi connectivity index (χ3v) is 3.65. The molecule has 1 heterocycles. The van der Waals surface area contributed by atoms with Gasteiger partial charge in [0.05, 0.1) is 0 Å². The maximum atomic E-state index is 11.9. The molecule has 0 bridgehead atoms. The molecule has 0 fully saturated rings. The molecule has 1 amide bonds. The van der Waals surface area contributed by atoms with Crippen molar-refractivity contribution in [2.45, 2.75) is 0 Å². The van der Waals surface area contributed by atoms with Gasteiger partial charge >= 0.3 is 0 Å². The fourth-order valence-electron chi connectivity index (χ4n) is 1.39. The van der Waals surface area contributed by atoms with Crippen molar-refractivity contribution in [3.63, 3.8) is 0 Å². The predicted molar refractivity (Wildman–Crippen MR) is 80.8 cm³/mol. The Labute approximate surface area is 129 Å². The number of nitriles is 1. The van der Waals surface area contributed by atoms with Gasteiger partial charge in [0.1, 0.15) is 11.6 Å². The molecule has 100 valence electrons. The molecular weight excluding hydrogens is 317 g/mol. The average molecular weight is 324 g/mol. The van der Waals surface area contributed by atoms with Crippen LogP contribution in [0.4, 0.5) is 5.13 Å². The molecule has 1 N–H and O–H groups in total. The van der Waals surface area contributed by atoms with Gasteiger partial charge in [-0.15, -0.1) is 11.3 Å². The Morgan fingerprint density at radius 3 is 2.65 bits per heavy atom. The third kappa shape index (κ3) is 3.36. The van der Waals surface area contributed by atoms with E-state index in [9.17, 15) is 4.79 Å². The summed E-state index contributed by atoms with van der Waals surface area (Å²) in [4.78, 5) is 15.9. The van der Waals surface area contributed by atoms with E-state index in [2.05, 4.69) is 10.3 Å². The Morgan fingerprint density at radius 2 is 2.10 bits per heavy atom. The van der Waals surface area contributed by atoms with E-state index in [0.29, 0.717) is 20.7 Å². The van der Waals surface area contributed by atoms with Gasteiger partial charge in [0.15, 0.2) is 5.13 Å². The van der Waals surface area contributed by atoms with E-state index in [-0.39, 0.29) is 5.57 Å². The van der Waals surface area contributed by atoms with Crippen LogP contribution in [0.3, 0.4) is 0 Å². The predicted octanol–water partition coefficient (Wildman–Crippen LogP) is 4.00. The highest BCUT2D eigenvalue weighted by Gasteiger charge is 2.12. The SMILES string of the molecule is N#CC(=Cc1c(Cl)cccc1Cl)C(=O)Nc1nccs1. The number of hydrogen-bond acceptors (Lipinski definition) is 4. The van der Waals surface area contributed by atoms with Crippen LogP contribution in [0.2, 0.25) is 10.0 Å². The van der Waals surface area contributed by atoms with Crippen LogP contribution < -0.4 is 5.32 Å². The number of halogens is 2. The molecule has 1 aromatic heterocycles. The monoisotopic (exact) mass is 323 g/mol. The molecule has 0 aliphatic heterocycles. The molecule has 2 rings (SSSR count). The Hall–Kier alpha value is -1.87. The molecular formula is C13H7Cl2N3OS. The summed E-state index contributed by atoms with van der Waals surface area (Å²) in [7, 11) is 0. The van der Waals surface area contributed by atoms with Crippen molar-refractivity contribution in [3.8, 4) is 6.07 Å². The molecule has 0 saturated carbocycles. The highest BCUT2D eigenvalue weighted by atomic mass is 35.5. The molecule has 0 radical (unpaired) electrons. The zero-order valence-corrected chi connectivity index (χ0v) is 12.3. The molecule has 2 aromatic rings. The maximum Gasteiger partial charge on any atom is 0.268 e. The second-order valence-electron chi connectivity index (χ2n) is 3.60. The number of carbonyl (C=O) groups excluding carboxylic acids is 1. The Balaban J connectivity index is 2.30. The molecule has 0 atom stereocenters. The molecule has 0 aliphatic carbocycles.